The largest absolute Gasteiger partial charge is 0.469 e. The van der Waals surface area contributed by atoms with E-state index in [1.165, 1.54) is 13.2 Å². The van der Waals surface area contributed by atoms with E-state index in [0.717, 1.165) is 5.56 Å². The second-order valence-corrected chi connectivity index (χ2v) is 4.81. The van der Waals surface area contributed by atoms with Gasteiger partial charge in [0, 0.05) is 17.9 Å². The van der Waals surface area contributed by atoms with E-state index in [1.54, 1.807) is 19.1 Å². The number of rotatable bonds is 2. The summed E-state index contributed by atoms with van der Waals surface area (Å²) in [4.78, 5) is 23.0. The minimum absolute atomic E-state index is 0.0187. The zero-order valence-corrected chi connectivity index (χ0v) is 10.7. The van der Waals surface area contributed by atoms with Gasteiger partial charge in [0.1, 0.15) is 0 Å². The van der Waals surface area contributed by atoms with Crippen molar-refractivity contribution in [2.24, 2.45) is 0 Å². The lowest BCUT2D eigenvalue weighted by atomic mass is 9.78. The van der Waals surface area contributed by atoms with Crippen molar-refractivity contribution in [3.8, 4) is 0 Å². The van der Waals surface area contributed by atoms with Crippen LogP contribution in [0, 0.1) is 6.92 Å². The lowest BCUT2D eigenvalue weighted by Crippen LogP contribution is -2.37. The molecule has 0 aliphatic heterocycles. The van der Waals surface area contributed by atoms with Crippen molar-refractivity contribution in [1.82, 2.24) is 0 Å². The van der Waals surface area contributed by atoms with Crippen LogP contribution in [0.1, 0.15) is 40.2 Å². The fourth-order valence-corrected chi connectivity index (χ4v) is 2.40. The van der Waals surface area contributed by atoms with Crippen LogP contribution in [0.2, 0.25) is 0 Å². The molecule has 1 unspecified atom stereocenters. The van der Waals surface area contributed by atoms with Gasteiger partial charge < -0.3 is 4.74 Å². The maximum atomic E-state index is 13.7. The molecule has 0 saturated carbocycles. The van der Waals surface area contributed by atoms with Crippen molar-refractivity contribution in [2.45, 2.75) is 31.6 Å². The third kappa shape index (κ3) is 2.50. The lowest BCUT2D eigenvalue weighted by Gasteiger charge is -2.29. The molecule has 0 radical (unpaired) electrons. The van der Waals surface area contributed by atoms with E-state index < -0.39 is 30.0 Å². The zero-order valence-electron chi connectivity index (χ0n) is 10.7. The number of esters is 1. The number of carbonyl (C=O) groups excluding carboxylic acids is 2. The van der Waals surface area contributed by atoms with E-state index in [4.69, 9.17) is 0 Å². The molecule has 0 N–H and O–H groups in total. The van der Waals surface area contributed by atoms with Gasteiger partial charge >= 0.3 is 11.9 Å². The summed E-state index contributed by atoms with van der Waals surface area (Å²) in [5, 5.41) is 0. The summed E-state index contributed by atoms with van der Waals surface area (Å²) in [6.45, 7) is 1.73. The second-order valence-electron chi connectivity index (χ2n) is 4.81. The van der Waals surface area contributed by atoms with Gasteiger partial charge in [-0.3, -0.25) is 9.59 Å². The minimum Gasteiger partial charge on any atom is -0.469 e. The smallest absolute Gasteiger partial charge is 0.310 e. The van der Waals surface area contributed by atoms with Gasteiger partial charge in [0.2, 0.25) is 5.78 Å². The summed E-state index contributed by atoms with van der Waals surface area (Å²) in [5.41, 5.74) is 1.26. The molecule has 1 aliphatic carbocycles. The van der Waals surface area contributed by atoms with Gasteiger partial charge in [-0.1, -0.05) is 17.7 Å². The summed E-state index contributed by atoms with van der Waals surface area (Å²) < 4.78 is 31.9. The van der Waals surface area contributed by atoms with E-state index in [9.17, 15) is 18.4 Å². The van der Waals surface area contributed by atoms with Crippen molar-refractivity contribution < 1.29 is 23.1 Å². The fourth-order valence-electron chi connectivity index (χ4n) is 2.40. The Morgan fingerprint density at radius 1 is 1.47 bits per heavy atom. The molecule has 3 nitrogen and oxygen atoms in total. The predicted molar refractivity (Wildman–Crippen MR) is 64.4 cm³/mol. The molecule has 0 saturated heterocycles. The van der Waals surface area contributed by atoms with E-state index >= 15 is 0 Å². The second kappa shape index (κ2) is 4.72. The average Bonchev–Trinajstić information content (AvgIpc) is 2.35. The van der Waals surface area contributed by atoms with Crippen LogP contribution in [0.15, 0.2) is 18.2 Å². The molecule has 0 heterocycles. The number of halogens is 2. The van der Waals surface area contributed by atoms with Gasteiger partial charge in [0.25, 0.3) is 0 Å². The van der Waals surface area contributed by atoms with E-state index in [2.05, 4.69) is 4.74 Å². The number of hydrogen-bond donors (Lipinski definition) is 0. The van der Waals surface area contributed by atoms with E-state index in [1.807, 2.05) is 0 Å². The maximum Gasteiger partial charge on any atom is 0.310 e. The Morgan fingerprint density at radius 3 is 2.79 bits per heavy atom. The van der Waals surface area contributed by atoms with Gasteiger partial charge in [0.05, 0.1) is 13.5 Å². The molecule has 102 valence electrons. The quantitative estimate of drug-likeness (QED) is 0.775. The fraction of sp³-hybridized carbons (Fsp3) is 0.429. The van der Waals surface area contributed by atoms with Crippen LogP contribution in [-0.2, 0) is 9.53 Å². The Balaban J connectivity index is 2.46. The summed E-state index contributed by atoms with van der Waals surface area (Å²) in [7, 11) is 1.21. The third-order valence-corrected chi connectivity index (χ3v) is 3.37. The normalized spacial score (nSPS) is 20.8. The van der Waals surface area contributed by atoms with Gasteiger partial charge in [-0.2, -0.15) is 8.78 Å². The number of fused-ring (bicyclic) bond motifs is 1. The Bertz CT molecular complexity index is 537. The molecular weight excluding hydrogens is 254 g/mol. The summed E-state index contributed by atoms with van der Waals surface area (Å²) in [6.07, 6.45) is -0.785. The first-order chi connectivity index (χ1) is 8.85. The Labute approximate surface area is 109 Å². The third-order valence-electron chi connectivity index (χ3n) is 3.37. The molecule has 1 atom stereocenters. The summed E-state index contributed by atoms with van der Waals surface area (Å²) >= 11 is 0. The van der Waals surface area contributed by atoms with Crippen LogP contribution >= 0.6 is 0 Å². The van der Waals surface area contributed by atoms with Crippen LogP contribution < -0.4 is 0 Å². The van der Waals surface area contributed by atoms with E-state index in [-0.39, 0.29) is 12.0 Å². The number of aryl methyl sites for hydroxylation is 1. The molecule has 1 aliphatic rings. The number of methoxy groups -OCH3 is 1. The first-order valence-electron chi connectivity index (χ1n) is 5.95. The van der Waals surface area contributed by atoms with E-state index in [0.29, 0.717) is 5.56 Å². The molecule has 0 aromatic heterocycles. The number of hydrogen-bond acceptors (Lipinski definition) is 3. The van der Waals surface area contributed by atoms with Crippen LogP contribution in [0.4, 0.5) is 8.78 Å². The molecule has 1 aromatic rings. The number of alkyl halides is 2. The molecule has 0 amide bonds. The standard InChI is InChI=1S/C14H14F2O3/c1-8-3-4-10-9(6-12(17)19-2)7-14(15,16)13(18)11(10)5-8/h3-5,9H,6-7H2,1-2H3. The summed E-state index contributed by atoms with van der Waals surface area (Å²) in [6, 6.07) is 4.85. The molecule has 1 aromatic carbocycles. The topological polar surface area (TPSA) is 43.4 Å². The maximum absolute atomic E-state index is 13.7. The van der Waals surface area contributed by atoms with Crippen LogP contribution in [0.5, 0.6) is 0 Å². The molecule has 0 bridgehead atoms. The van der Waals surface area contributed by atoms with Crippen molar-refractivity contribution in [2.75, 3.05) is 7.11 Å². The van der Waals surface area contributed by atoms with Gasteiger partial charge in [-0.25, -0.2) is 0 Å². The number of ketones is 1. The highest BCUT2D eigenvalue weighted by Crippen LogP contribution is 2.42. The van der Waals surface area contributed by atoms with Gasteiger partial charge in [0.15, 0.2) is 0 Å². The first kappa shape index (κ1) is 13.6. The highest BCUT2D eigenvalue weighted by molar-refractivity contribution is 6.04. The van der Waals surface area contributed by atoms with Crippen molar-refractivity contribution in [3.05, 3.63) is 34.9 Å². The number of carbonyl (C=O) groups is 2. The number of Topliss-reactive ketones (excluding diaryl/α,β-unsaturated/α-hetero) is 1. The molecular formula is C14H14F2O3. The van der Waals surface area contributed by atoms with Crippen molar-refractivity contribution >= 4 is 11.8 Å². The first-order valence-corrected chi connectivity index (χ1v) is 5.95. The average molecular weight is 268 g/mol. The Hall–Kier alpha value is -1.78. The SMILES string of the molecule is COC(=O)CC1CC(F)(F)C(=O)c2cc(C)ccc21. The Kier molecular flexibility index (Phi) is 3.39. The van der Waals surface area contributed by atoms with Gasteiger partial charge in [-0.15, -0.1) is 0 Å². The zero-order chi connectivity index (χ0) is 14.2. The molecule has 5 heteroatoms. The summed E-state index contributed by atoms with van der Waals surface area (Å²) in [5.74, 6) is -5.82. The van der Waals surface area contributed by atoms with Crippen LogP contribution in [0.25, 0.3) is 0 Å². The molecule has 0 spiro atoms. The predicted octanol–water partition coefficient (Wildman–Crippen LogP) is 2.86. The molecule has 0 fully saturated rings. The lowest BCUT2D eigenvalue weighted by molar-refractivity contribution is -0.141. The van der Waals surface area contributed by atoms with Crippen LogP contribution in [0.3, 0.4) is 0 Å². The number of ether oxygens (including phenoxy) is 1. The minimum atomic E-state index is -3.42. The Morgan fingerprint density at radius 2 is 2.16 bits per heavy atom. The van der Waals surface area contributed by atoms with Crippen molar-refractivity contribution in [1.29, 1.82) is 0 Å². The highest BCUT2D eigenvalue weighted by atomic mass is 19.3. The number of benzene rings is 1. The monoisotopic (exact) mass is 268 g/mol. The van der Waals surface area contributed by atoms with Gasteiger partial charge in [-0.05, 0) is 18.6 Å². The molecule has 19 heavy (non-hydrogen) atoms. The molecule has 2 rings (SSSR count). The van der Waals surface area contributed by atoms with Crippen molar-refractivity contribution in [3.63, 3.8) is 0 Å². The van der Waals surface area contributed by atoms with Crippen LogP contribution in [-0.4, -0.2) is 24.8 Å². The highest BCUT2D eigenvalue weighted by Gasteiger charge is 2.47.